The minimum absolute atomic E-state index is 0.201. The minimum Gasteiger partial charge on any atom is -0.388 e. The second-order valence-electron chi connectivity index (χ2n) is 6.93. The molecule has 3 aliphatic carbocycles. The SMILES string of the molecule is OC(c1cccc(C2CCC2)c1)C1C2CCCCC21. The van der Waals surface area contributed by atoms with Gasteiger partial charge in [-0.05, 0) is 60.5 Å². The molecular weight excluding hydrogens is 232 g/mol. The van der Waals surface area contributed by atoms with E-state index in [2.05, 4.69) is 24.3 Å². The molecule has 0 amide bonds. The van der Waals surface area contributed by atoms with E-state index >= 15 is 0 Å². The third-order valence-corrected chi connectivity index (χ3v) is 5.92. The number of aliphatic hydroxyl groups is 1. The summed E-state index contributed by atoms with van der Waals surface area (Å²) in [5.41, 5.74) is 2.65. The molecule has 0 bridgehead atoms. The van der Waals surface area contributed by atoms with Gasteiger partial charge in [-0.15, -0.1) is 0 Å². The fourth-order valence-electron chi connectivity index (χ4n) is 4.48. The molecule has 0 aliphatic heterocycles. The molecule has 4 rings (SSSR count). The van der Waals surface area contributed by atoms with Gasteiger partial charge in [-0.2, -0.15) is 0 Å². The zero-order valence-electron chi connectivity index (χ0n) is 11.6. The van der Waals surface area contributed by atoms with Gasteiger partial charge in [-0.25, -0.2) is 0 Å². The summed E-state index contributed by atoms with van der Waals surface area (Å²) >= 11 is 0. The Morgan fingerprint density at radius 1 is 0.947 bits per heavy atom. The minimum atomic E-state index is -0.201. The summed E-state index contributed by atoms with van der Waals surface area (Å²) in [5, 5.41) is 10.7. The van der Waals surface area contributed by atoms with Gasteiger partial charge in [0.05, 0.1) is 6.10 Å². The summed E-state index contributed by atoms with van der Waals surface area (Å²) in [6.07, 6.45) is 9.34. The zero-order valence-corrected chi connectivity index (χ0v) is 11.6. The lowest BCUT2D eigenvalue weighted by atomic mass is 9.79. The summed E-state index contributed by atoms with van der Waals surface area (Å²) in [7, 11) is 0. The van der Waals surface area contributed by atoms with Crippen LogP contribution in [0.1, 0.15) is 68.1 Å². The van der Waals surface area contributed by atoms with Crippen LogP contribution in [0.4, 0.5) is 0 Å². The van der Waals surface area contributed by atoms with E-state index in [4.69, 9.17) is 0 Å². The Bertz CT molecular complexity index is 451. The van der Waals surface area contributed by atoms with Crippen molar-refractivity contribution in [1.29, 1.82) is 0 Å². The van der Waals surface area contributed by atoms with Gasteiger partial charge < -0.3 is 5.11 Å². The fourth-order valence-corrected chi connectivity index (χ4v) is 4.48. The average molecular weight is 256 g/mol. The van der Waals surface area contributed by atoms with Gasteiger partial charge >= 0.3 is 0 Å². The second kappa shape index (κ2) is 4.63. The Hall–Kier alpha value is -0.820. The molecule has 102 valence electrons. The lowest BCUT2D eigenvalue weighted by Gasteiger charge is -2.26. The highest BCUT2D eigenvalue weighted by atomic mass is 16.3. The normalized spacial score (nSPS) is 35.3. The van der Waals surface area contributed by atoms with E-state index < -0.39 is 0 Å². The Morgan fingerprint density at radius 2 is 1.68 bits per heavy atom. The van der Waals surface area contributed by atoms with Gasteiger partial charge in [0.25, 0.3) is 0 Å². The van der Waals surface area contributed by atoms with Gasteiger partial charge in [0.2, 0.25) is 0 Å². The van der Waals surface area contributed by atoms with E-state index in [1.807, 2.05) is 0 Å². The smallest absolute Gasteiger partial charge is 0.0823 e. The van der Waals surface area contributed by atoms with Crippen molar-refractivity contribution >= 4 is 0 Å². The Kier molecular flexibility index (Phi) is 2.91. The highest BCUT2D eigenvalue weighted by Gasteiger charge is 2.54. The first kappa shape index (κ1) is 12.0. The molecule has 3 atom stereocenters. The number of rotatable bonds is 3. The van der Waals surface area contributed by atoms with Crippen LogP contribution in [0, 0.1) is 17.8 Å². The molecule has 3 saturated carbocycles. The van der Waals surface area contributed by atoms with E-state index in [1.165, 1.54) is 56.1 Å². The number of aliphatic hydroxyl groups excluding tert-OH is 1. The predicted molar refractivity (Wildman–Crippen MR) is 76.9 cm³/mol. The highest BCUT2D eigenvalue weighted by molar-refractivity contribution is 5.30. The monoisotopic (exact) mass is 256 g/mol. The van der Waals surface area contributed by atoms with Crippen LogP contribution in [0.25, 0.3) is 0 Å². The summed E-state index contributed by atoms with van der Waals surface area (Å²) in [6.45, 7) is 0. The van der Waals surface area contributed by atoms with E-state index in [9.17, 15) is 5.11 Å². The van der Waals surface area contributed by atoms with Crippen LogP contribution < -0.4 is 0 Å². The van der Waals surface area contributed by atoms with Crippen molar-refractivity contribution in [2.24, 2.45) is 17.8 Å². The molecule has 0 spiro atoms. The molecule has 3 aliphatic rings. The van der Waals surface area contributed by atoms with Gasteiger partial charge in [0, 0.05) is 0 Å². The van der Waals surface area contributed by atoms with Crippen molar-refractivity contribution in [3.63, 3.8) is 0 Å². The van der Waals surface area contributed by atoms with Crippen molar-refractivity contribution in [3.8, 4) is 0 Å². The van der Waals surface area contributed by atoms with Crippen molar-refractivity contribution in [1.82, 2.24) is 0 Å². The predicted octanol–water partition coefficient (Wildman–Crippen LogP) is 4.42. The molecular formula is C18H24O. The molecule has 1 N–H and O–H groups in total. The van der Waals surface area contributed by atoms with Gasteiger partial charge in [0.15, 0.2) is 0 Å². The van der Waals surface area contributed by atoms with Crippen LogP contribution in [0.3, 0.4) is 0 Å². The van der Waals surface area contributed by atoms with Gasteiger partial charge in [0.1, 0.15) is 0 Å². The molecule has 1 aromatic carbocycles. The van der Waals surface area contributed by atoms with E-state index in [1.54, 1.807) is 0 Å². The molecule has 1 nitrogen and oxygen atoms in total. The molecule has 0 radical (unpaired) electrons. The van der Waals surface area contributed by atoms with E-state index in [0.29, 0.717) is 5.92 Å². The number of benzene rings is 1. The topological polar surface area (TPSA) is 20.2 Å². The number of fused-ring (bicyclic) bond motifs is 1. The molecule has 0 saturated heterocycles. The van der Waals surface area contributed by atoms with Crippen LogP contribution in [0.5, 0.6) is 0 Å². The standard InChI is InChI=1S/C18H24O/c19-18(17-15-9-1-2-10-16(15)17)14-8-4-7-13(11-14)12-5-3-6-12/h4,7-8,11-12,15-19H,1-3,5-6,9-10H2. The van der Waals surface area contributed by atoms with Crippen molar-refractivity contribution < 1.29 is 5.11 Å². The molecule has 1 heteroatoms. The second-order valence-corrected chi connectivity index (χ2v) is 6.93. The maximum absolute atomic E-state index is 10.7. The van der Waals surface area contributed by atoms with Crippen molar-refractivity contribution in [2.45, 2.75) is 57.0 Å². The van der Waals surface area contributed by atoms with Crippen molar-refractivity contribution in [3.05, 3.63) is 35.4 Å². The molecule has 0 heterocycles. The summed E-state index contributed by atoms with van der Waals surface area (Å²) in [5.74, 6) is 3.00. The molecule has 19 heavy (non-hydrogen) atoms. The summed E-state index contributed by atoms with van der Waals surface area (Å²) < 4.78 is 0. The summed E-state index contributed by atoms with van der Waals surface area (Å²) in [6, 6.07) is 8.83. The third kappa shape index (κ3) is 2.03. The quantitative estimate of drug-likeness (QED) is 0.848. The third-order valence-electron chi connectivity index (χ3n) is 5.92. The lowest BCUT2D eigenvalue weighted by Crippen LogP contribution is -2.10. The fraction of sp³-hybridized carbons (Fsp3) is 0.667. The largest absolute Gasteiger partial charge is 0.388 e. The maximum atomic E-state index is 10.7. The zero-order chi connectivity index (χ0) is 12.8. The van der Waals surface area contributed by atoms with Gasteiger partial charge in [-0.3, -0.25) is 0 Å². The van der Waals surface area contributed by atoms with E-state index in [0.717, 1.165) is 17.8 Å². The van der Waals surface area contributed by atoms with Crippen molar-refractivity contribution in [2.75, 3.05) is 0 Å². The van der Waals surface area contributed by atoms with Gasteiger partial charge in [-0.1, -0.05) is 43.5 Å². The molecule has 1 aromatic rings. The number of hydrogen-bond acceptors (Lipinski definition) is 1. The van der Waals surface area contributed by atoms with Crippen LogP contribution in [-0.2, 0) is 0 Å². The number of hydrogen-bond donors (Lipinski definition) is 1. The molecule has 0 aromatic heterocycles. The van der Waals surface area contributed by atoms with Crippen LogP contribution in [-0.4, -0.2) is 5.11 Å². The van der Waals surface area contributed by atoms with E-state index in [-0.39, 0.29) is 6.10 Å². The lowest BCUT2D eigenvalue weighted by molar-refractivity contribution is 0.142. The Morgan fingerprint density at radius 3 is 2.32 bits per heavy atom. The van der Waals surface area contributed by atoms with Crippen LogP contribution in [0.2, 0.25) is 0 Å². The summed E-state index contributed by atoms with van der Waals surface area (Å²) in [4.78, 5) is 0. The highest BCUT2D eigenvalue weighted by Crippen LogP contribution is 2.60. The van der Waals surface area contributed by atoms with Crippen LogP contribution in [0.15, 0.2) is 24.3 Å². The first-order chi connectivity index (χ1) is 9.34. The Balaban J connectivity index is 1.52. The first-order valence-electron chi connectivity index (χ1n) is 8.12. The first-order valence-corrected chi connectivity index (χ1v) is 8.12. The molecule has 3 unspecified atom stereocenters. The van der Waals surface area contributed by atoms with Crippen LogP contribution >= 0.6 is 0 Å². The molecule has 3 fully saturated rings. The maximum Gasteiger partial charge on any atom is 0.0823 e. The Labute approximate surface area is 116 Å². The average Bonchev–Trinajstić information content (AvgIpc) is 3.10.